The summed E-state index contributed by atoms with van der Waals surface area (Å²) in [6, 6.07) is 21.9. The number of nitrogens with one attached hydrogen (secondary N) is 1. The number of carbonyl (C=O) groups excluding carboxylic acids is 1. The summed E-state index contributed by atoms with van der Waals surface area (Å²) in [6.07, 6.45) is -3.56. The monoisotopic (exact) mass is 464 g/mol. The SMILES string of the molecule is CNC(=O)CCc1cc(-c2ccc(-c3ccc(C(F)(F)F)cc3)cc2)n(-c2ccc(N)cc2)n1. The van der Waals surface area contributed by atoms with Gasteiger partial charge in [-0.2, -0.15) is 18.3 Å². The minimum absolute atomic E-state index is 0.0653. The first kappa shape index (κ1) is 23.1. The number of benzene rings is 3. The molecule has 0 saturated carbocycles. The number of nitrogens with two attached hydrogens (primary N) is 1. The van der Waals surface area contributed by atoms with E-state index in [0.717, 1.165) is 40.3 Å². The molecule has 34 heavy (non-hydrogen) atoms. The predicted octanol–water partition coefficient (Wildman–Crippen LogP) is 5.49. The number of alkyl halides is 3. The number of rotatable bonds is 6. The molecule has 3 aromatic carbocycles. The minimum Gasteiger partial charge on any atom is -0.399 e. The number of nitrogen functional groups attached to an aromatic ring is 1. The van der Waals surface area contributed by atoms with Crippen LogP contribution in [-0.4, -0.2) is 22.7 Å². The summed E-state index contributed by atoms with van der Waals surface area (Å²) in [5.41, 5.74) is 10.6. The van der Waals surface area contributed by atoms with Crippen LogP contribution in [0.3, 0.4) is 0 Å². The zero-order valence-corrected chi connectivity index (χ0v) is 18.4. The number of halogens is 3. The number of anilines is 1. The number of carbonyl (C=O) groups is 1. The highest BCUT2D eigenvalue weighted by molar-refractivity contribution is 5.76. The zero-order valence-electron chi connectivity index (χ0n) is 18.4. The van der Waals surface area contributed by atoms with E-state index >= 15 is 0 Å². The molecule has 0 bridgehead atoms. The summed E-state index contributed by atoms with van der Waals surface area (Å²) in [6.45, 7) is 0. The Kier molecular flexibility index (Phi) is 6.40. The lowest BCUT2D eigenvalue weighted by Crippen LogP contribution is -2.18. The van der Waals surface area contributed by atoms with E-state index in [1.54, 1.807) is 23.9 Å². The van der Waals surface area contributed by atoms with Crippen LogP contribution in [0.1, 0.15) is 17.7 Å². The fraction of sp³-hybridized carbons (Fsp3) is 0.154. The second-order valence-corrected chi connectivity index (χ2v) is 7.85. The summed E-state index contributed by atoms with van der Waals surface area (Å²) in [4.78, 5) is 11.7. The second kappa shape index (κ2) is 9.43. The molecule has 8 heteroatoms. The summed E-state index contributed by atoms with van der Waals surface area (Å²) < 4.78 is 40.3. The first-order valence-corrected chi connectivity index (χ1v) is 10.7. The molecule has 1 heterocycles. The smallest absolute Gasteiger partial charge is 0.399 e. The molecular formula is C26H23F3N4O. The number of hydrogen-bond donors (Lipinski definition) is 2. The van der Waals surface area contributed by atoms with Gasteiger partial charge in [0.15, 0.2) is 0 Å². The lowest BCUT2D eigenvalue weighted by atomic mass is 10.0. The second-order valence-electron chi connectivity index (χ2n) is 7.85. The van der Waals surface area contributed by atoms with Crippen molar-refractivity contribution in [3.8, 4) is 28.1 Å². The van der Waals surface area contributed by atoms with Gasteiger partial charge >= 0.3 is 6.18 Å². The maximum Gasteiger partial charge on any atom is 0.416 e. The van der Waals surface area contributed by atoms with Crippen LogP contribution in [-0.2, 0) is 17.4 Å². The molecule has 0 aliphatic heterocycles. The van der Waals surface area contributed by atoms with Gasteiger partial charge in [-0.1, -0.05) is 36.4 Å². The molecule has 3 N–H and O–H groups in total. The van der Waals surface area contributed by atoms with E-state index in [0.29, 0.717) is 24.1 Å². The van der Waals surface area contributed by atoms with E-state index in [1.165, 1.54) is 12.1 Å². The standard InChI is InChI=1S/C26H23F3N4O/c1-31-25(34)15-12-22-16-24(33(32-22)23-13-10-21(30)11-14-23)19-4-2-17(3-5-19)18-6-8-20(9-7-18)26(27,28)29/h2-11,13-14,16H,12,15,30H2,1H3,(H,31,34). The molecule has 0 fully saturated rings. The molecule has 4 rings (SSSR count). The van der Waals surface area contributed by atoms with Crippen LogP contribution in [0, 0.1) is 0 Å². The highest BCUT2D eigenvalue weighted by atomic mass is 19.4. The molecule has 0 radical (unpaired) electrons. The summed E-state index contributed by atoms with van der Waals surface area (Å²) >= 11 is 0. The molecule has 1 amide bonds. The highest BCUT2D eigenvalue weighted by Gasteiger charge is 2.30. The van der Waals surface area contributed by atoms with E-state index in [-0.39, 0.29) is 5.91 Å². The lowest BCUT2D eigenvalue weighted by molar-refractivity contribution is -0.137. The zero-order chi connectivity index (χ0) is 24.3. The van der Waals surface area contributed by atoms with Gasteiger partial charge in [0, 0.05) is 31.1 Å². The van der Waals surface area contributed by atoms with Gasteiger partial charge in [0.1, 0.15) is 0 Å². The number of nitrogens with zero attached hydrogens (tertiary/aromatic N) is 2. The molecule has 0 atom stereocenters. The minimum atomic E-state index is -4.36. The Hall–Kier alpha value is -4.07. The topological polar surface area (TPSA) is 72.9 Å². The van der Waals surface area contributed by atoms with Crippen LogP contribution in [0.2, 0.25) is 0 Å². The van der Waals surface area contributed by atoms with Crippen molar-refractivity contribution < 1.29 is 18.0 Å². The van der Waals surface area contributed by atoms with Crippen molar-refractivity contribution in [2.24, 2.45) is 0 Å². The average molecular weight is 464 g/mol. The third kappa shape index (κ3) is 5.11. The number of aromatic nitrogens is 2. The van der Waals surface area contributed by atoms with Crippen molar-refractivity contribution in [3.63, 3.8) is 0 Å². The predicted molar refractivity (Wildman–Crippen MR) is 126 cm³/mol. The van der Waals surface area contributed by atoms with Crippen LogP contribution in [0.25, 0.3) is 28.1 Å². The molecule has 0 aliphatic rings. The number of amides is 1. The molecule has 4 aromatic rings. The van der Waals surface area contributed by atoms with Gasteiger partial charge in [-0.15, -0.1) is 0 Å². The molecule has 0 saturated heterocycles. The van der Waals surface area contributed by atoms with E-state index in [4.69, 9.17) is 10.8 Å². The molecule has 0 unspecified atom stereocenters. The largest absolute Gasteiger partial charge is 0.416 e. The molecule has 1 aromatic heterocycles. The molecular weight excluding hydrogens is 441 g/mol. The van der Waals surface area contributed by atoms with Gasteiger partial charge in [-0.05, 0) is 53.6 Å². The molecule has 0 aliphatic carbocycles. The van der Waals surface area contributed by atoms with Crippen LogP contribution < -0.4 is 11.1 Å². The lowest BCUT2D eigenvalue weighted by Gasteiger charge is -2.10. The first-order valence-electron chi connectivity index (χ1n) is 10.7. The quantitative estimate of drug-likeness (QED) is 0.371. The summed E-state index contributed by atoms with van der Waals surface area (Å²) in [7, 11) is 1.60. The third-order valence-corrected chi connectivity index (χ3v) is 5.51. The fourth-order valence-corrected chi connectivity index (χ4v) is 3.62. The number of aryl methyl sites for hydroxylation is 1. The van der Waals surface area contributed by atoms with Gasteiger partial charge in [0.25, 0.3) is 0 Å². The Balaban J connectivity index is 1.66. The highest BCUT2D eigenvalue weighted by Crippen LogP contribution is 2.32. The van der Waals surface area contributed by atoms with Crippen molar-refractivity contribution in [1.29, 1.82) is 0 Å². The Morgan fingerprint density at radius 2 is 1.47 bits per heavy atom. The van der Waals surface area contributed by atoms with Crippen LogP contribution in [0.15, 0.2) is 78.9 Å². The molecule has 5 nitrogen and oxygen atoms in total. The van der Waals surface area contributed by atoms with Crippen LogP contribution in [0.4, 0.5) is 18.9 Å². The number of hydrogen-bond acceptors (Lipinski definition) is 3. The molecule has 0 spiro atoms. The van der Waals surface area contributed by atoms with E-state index in [9.17, 15) is 18.0 Å². The Morgan fingerprint density at radius 3 is 2.03 bits per heavy atom. The Bertz CT molecular complexity index is 1280. The fourth-order valence-electron chi connectivity index (χ4n) is 3.62. The normalized spacial score (nSPS) is 11.4. The van der Waals surface area contributed by atoms with Crippen molar-refractivity contribution in [1.82, 2.24) is 15.1 Å². The molecule has 174 valence electrons. The van der Waals surface area contributed by atoms with Gasteiger partial charge in [0.2, 0.25) is 5.91 Å². The summed E-state index contributed by atoms with van der Waals surface area (Å²) in [5.74, 6) is -0.0653. The van der Waals surface area contributed by atoms with Crippen LogP contribution >= 0.6 is 0 Å². The Labute approximate surface area is 195 Å². The van der Waals surface area contributed by atoms with E-state index < -0.39 is 11.7 Å². The van der Waals surface area contributed by atoms with Crippen LogP contribution in [0.5, 0.6) is 0 Å². The van der Waals surface area contributed by atoms with Crippen molar-refractivity contribution in [2.45, 2.75) is 19.0 Å². The maximum absolute atomic E-state index is 12.8. The maximum atomic E-state index is 12.8. The Morgan fingerprint density at radius 1 is 0.912 bits per heavy atom. The first-order chi connectivity index (χ1) is 16.2. The van der Waals surface area contributed by atoms with Gasteiger partial charge in [0.05, 0.1) is 22.6 Å². The van der Waals surface area contributed by atoms with Gasteiger partial charge < -0.3 is 11.1 Å². The van der Waals surface area contributed by atoms with Crippen molar-refractivity contribution >= 4 is 11.6 Å². The van der Waals surface area contributed by atoms with E-state index in [1.807, 2.05) is 42.5 Å². The summed E-state index contributed by atoms with van der Waals surface area (Å²) in [5, 5.41) is 7.31. The van der Waals surface area contributed by atoms with Gasteiger partial charge in [-0.3, -0.25) is 4.79 Å². The van der Waals surface area contributed by atoms with E-state index in [2.05, 4.69) is 5.32 Å². The van der Waals surface area contributed by atoms with Crippen molar-refractivity contribution in [3.05, 3.63) is 90.1 Å². The third-order valence-electron chi connectivity index (χ3n) is 5.51. The van der Waals surface area contributed by atoms with Crippen molar-refractivity contribution in [2.75, 3.05) is 12.8 Å². The average Bonchev–Trinajstić information content (AvgIpc) is 3.27. The van der Waals surface area contributed by atoms with Gasteiger partial charge in [-0.25, -0.2) is 4.68 Å².